The summed E-state index contributed by atoms with van der Waals surface area (Å²) in [7, 11) is 5.19. The Hall–Kier alpha value is -6.53. The van der Waals surface area contributed by atoms with Gasteiger partial charge >= 0.3 is 0 Å². The molecule has 0 spiro atoms. The maximum Gasteiger partial charge on any atom is 0.157 e. The highest BCUT2D eigenvalue weighted by Gasteiger charge is 2.12. The molecule has 4 aromatic heterocycles. The van der Waals surface area contributed by atoms with Crippen LogP contribution in [0.5, 0.6) is 23.0 Å². The van der Waals surface area contributed by atoms with Gasteiger partial charge in [-0.05, 0) is 67.7 Å². The lowest BCUT2D eigenvalue weighted by molar-refractivity contribution is -0.109. The van der Waals surface area contributed by atoms with E-state index in [1.165, 1.54) is 0 Å². The smallest absolute Gasteiger partial charge is 0.157 e. The van der Waals surface area contributed by atoms with Crippen molar-refractivity contribution in [2.45, 2.75) is 0 Å². The van der Waals surface area contributed by atoms with Crippen LogP contribution in [0.3, 0.4) is 0 Å². The van der Waals surface area contributed by atoms with E-state index in [4.69, 9.17) is 28.9 Å². The zero-order chi connectivity index (χ0) is 35.2. The van der Waals surface area contributed by atoms with Gasteiger partial charge in [-0.2, -0.15) is 0 Å². The van der Waals surface area contributed by atoms with E-state index in [0.717, 1.165) is 80.1 Å². The van der Waals surface area contributed by atoms with Gasteiger partial charge in [0.15, 0.2) is 6.29 Å². The first-order valence-corrected chi connectivity index (χ1v) is 16.3. The van der Waals surface area contributed by atoms with Crippen molar-refractivity contribution in [2.75, 3.05) is 41.0 Å². The zero-order valence-electron chi connectivity index (χ0n) is 28.3. The molecule has 256 valence electrons. The highest BCUT2D eigenvalue weighted by atomic mass is 16.5. The number of nitrogens with one attached hydrogen (secondary N) is 1. The molecule has 51 heavy (non-hydrogen) atoms. The lowest BCUT2D eigenvalue weighted by Crippen LogP contribution is -2.16. The van der Waals surface area contributed by atoms with E-state index in [2.05, 4.69) is 21.4 Å². The standard InChI is InChI=1S/C20H20N4O2.C19H15N3O3/c1-21-10-11-26-18-5-3-4-14-6-9-19(23-20(14)18)24-13-22-16-12-15(25-2)7-8-17(16)24;1-24-14-6-7-16-15(11-14)20-12-22(16)18-8-5-13-3-2-4-17(19(13)21-18)25-10-9-23/h3-9,12-13,21H,10-11H2,1-2H3;2-9,11-12H,10H2,1H3. The molecule has 8 aromatic rings. The molecule has 8 rings (SSSR count). The summed E-state index contributed by atoms with van der Waals surface area (Å²) >= 11 is 0. The van der Waals surface area contributed by atoms with E-state index in [0.29, 0.717) is 17.9 Å². The lowest BCUT2D eigenvalue weighted by atomic mass is 10.2. The summed E-state index contributed by atoms with van der Waals surface area (Å²) in [5.41, 5.74) is 5.15. The van der Waals surface area contributed by atoms with Crippen molar-refractivity contribution in [3.05, 3.63) is 110 Å². The molecule has 0 fully saturated rings. The summed E-state index contributed by atoms with van der Waals surface area (Å²) < 4.78 is 25.8. The molecule has 0 aliphatic carbocycles. The van der Waals surface area contributed by atoms with Crippen LogP contribution in [0.25, 0.3) is 55.5 Å². The fourth-order valence-corrected chi connectivity index (χ4v) is 5.71. The van der Waals surface area contributed by atoms with Crippen molar-refractivity contribution < 1.29 is 23.7 Å². The average Bonchev–Trinajstić information content (AvgIpc) is 3.81. The van der Waals surface area contributed by atoms with Gasteiger partial charge in [0.05, 0.1) is 36.3 Å². The Labute approximate surface area is 293 Å². The van der Waals surface area contributed by atoms with Gasteiger partial charge in [-0.3, -0.25) is 13.9 Å². The number of carbonyl (C=O) groups excluding carboxylic acids is 1. The van der Waals surface area contributed by atoms with E-state index in [1.54, 1.807) is 32.9 Å². The highest BCUT2D eigenvalue weighted by Crippen LogP contribution is 2.29. The minimum Gasteiger partial charge on any atom is -0.497 e. The van der Waals surface area contributed by atoms with Gasteiger partial charge in [-0.15, -0.1) is 0 Å². The van der Waals surface area contributed by atoms with Crippen LogP contribution in [0.4, 0.5) is 0 Å². The second-order valence-corrected chi connectivity index (χ2v) is 11.4. The van der Waals surface area contributed by atoms with Gasteiger partial charge in [-0.1, -0.05) is 24.3 Å². The first-order chi connectivity index (χ1) is 25.1. The zero-order valence-corrected chi connectivity index (χ0v) is 28.3. The molecule has 1 N–H and O–H groups in total. The van der Waals surface area contributed by atoms with Gasteiger partial charge < -0.3 is 24.3 Å². The van der Waals surface area contributed by atoms with E-state index in [9.17, 15) is 4.79 Å². The monoisotopic (exact) mass is 681 g/mol. The first-order valence-electron chi connectivity index (χ1n) is 16.3. The summed E-state index contributed by atoms with van der Waals surface area (Å²) in [6.07, 6.45) is 4.23. The van der Waals surface area contributed by atoms with Gasteiger partial charge in [0, 0.05) is 29.4 Å². The molecule has 0 unspecified atom stereocenters. The van der Waals surface area contributed by atoms with Crippen molar-refractivity contribution in [1.29, 1.82) is 0 Å². The van der Waals surface area contributed by atoms with Crippen LogP contribution in [-0.4, -0.2) is 76.4 Å². The fraction of sp³-hybridized carbons (Fsp3) is 0.154. The Morgan fingerprint density at radius 3 is 1.69 bits per heavy atom. The molecule has 0 saturated carbocycles. The molecule has 4 heterocycles. The number of ether oxygens (including phenoxy) is 4. The van der Waals surface area contributed by atoms with Crippen molar-refractivity contribution >= 4 is 50.2 Å². The normalized spacial score (nSPS) is 11.0. The number of aldehydes is 1. The van der Waals surface area contributed by atoms with Crippen LogP contribution in [-0.2, 0) is 4.79 Å². The van der Waals surface area contributed by atoms with Gasteiger partial charge in [0.1, 0.15) is 71.5 Å². The molecule has 12 heteroatoms. The van der Waals surface area contributed by atoms with E-state index < -0.39 is 0 Å². The molecular formula is C39H35N7O5. The molecule has 0 aliphatic rings. The Morgan fingerprint density at radius 2 is 1.20 bits per heavy atom. The van der Waals surface area contributed by atoms with Crippen LogP contribution in [0.15, 0.2) is 110 Å². The van der Waals surface area contributed by atoms with Gasteiger partial charge in [0.25, 0.3) is 0 Å². The molecule has 0 bridgehead atoms. The Kier molecular flexibility index (Phi) is 9.66. The number of likely N-dealkylation sites (N-methyl/N-ethyl adjacent to an activating group) is 1. The van der Waals surface area contributed by atoms with Crippen molar-refractivity contribution in [2.24, 2.45) is 0 Å². The van der Waals surface area contributed by atoms with Crippen LogP contribution in [0.1, 0.15) is 0 Å². The molecule has 4 aromatic carbocycles. The minimum absolute atomic E-state index is 0.00117. The summed E-state index contributed by atoms with van der Waals surface area (Å²) in [4.78, 5) is 29.0. The van der Waals surface area contributed by atoms with Crippen molar-refractivity contribution in [3.8, 4) is 34.6 Å². The number of benzene rings is 4. The predicted octanol–water partition coefficient (Wildman–Crippen LogP) is 6.34. The van der Waals surface area contributed by atoms with Gasteiger partial charge in [0.2, 0.25) is 0 Å². The molecule has 0 aliphatic heterocycles. The van der Waals surface area contributed by atoms with Gasteiger partial charge in [-0.25, -0.2) is 19.9 Å². The number of hydrogen-bond acceptors (Lipinski definition) is 10. The molecule has 12 nitrogen and oxygen atoms in total. The van der Waals surface area contributed by atoms with Crippen molar-refractivity contribution in [1.82, 2.24) is 34.4 Å². The third-order valence-electron chi connectivity index (χ3n) is 8.26. The number of hydrogen-bond donors (Lipinski definition) is 1. The number of fused-ring (bicyclic) bond motifs is 4. The van der Waals surface area contributed by atoms with Crippen LogP contribution in [0, 0.1) is 0 Å². The number of rotatable bonds is 11. The van der Waals surface area contributed by atoms with Crippen LogP contribution < -0.4 is 24.3 Å². The number of nitrogens with zero attached hydrogens (tertiary/aromatic N) is 6. The maximum absolute atomic E-state index is 10.6. The Bertz CT molecular complexity index is 2480. The topological polar surface area (TPSA) is 127 Å². The third kappa shape index (κ3) is 6.85. The third-order valence-corrected chi connectivity index (χ3v) is 8.26. The summed E-state index contributed by atoms with van der Waals surface area (Å²) in [5.74, 6) is 4.43. The van der Waals surface area contributed by atoms with E-state index in [1.807, 2.05) is 101 Å². The Balaban J connectivity index is 0.000000159. The number of aromatic nitrogens is 6. The second-order valence-electron chi connectivity index (χ2n) is 11.4. The average molecular weight is 682 g/mol. The number of para-hydroxylation sites is 2. The predicted molar refractivity (Wildman–Crippen MR) is 197 cm³/mol. The van der Waals surface area contributed by atoms with Crippen LogP contribution in [0.2, 0.25) is 0 Å². The maximum atomic E-state index is 10.6. The summed E-state index contributed by atoms with van der Waals surface area (Å²) in [6.45, 7) is 1.37. The SMILES string of the molecule is CNCCOc1cccc2ccc(-n3cnc4cc(OC)ccc43)nc12.COc1ccc2c(c1)ncn2-c1ccc2cccc(OCC=O)c2n1. The fourth-order valence-electron chi connectivity index (χ4n) is 5.71. The second kappa shape index (κ2) is 14.9. The number of pyridine rings is 2. The quantitative estimate of drug-likeness (QED) is 0.122. The number of methoxy groups -OCH3 is 2. The largest absolute Gasteiger partial charge is 0.497 e. The van der Waals surface area contributed by atoms with E-state index >= 15 is 0 Å². The molecule has 0 amide bonds. The minimum atomic E-state index is -0.00117. The highest BCUT2D eigenvalue weighted by molar-refractivity contribution is 5.87. The molecule has 0 saturated heterocycles. The van der Waals surface area contributed by atoms with Crippen LogP contribution >= 0.6 is 0 Å². The molecule has 0 radical (unpaired) electrons. The molecule has 0 atom stereocenters. The lowest BCUT2D eigenvalue weighted by Gasteiger charge is -2.10. The number of carbonyl (C=O) groups is 1. The summed E-state index contributed by atoms with van der Waals surface area (Å²) in [5, 5.41) is 5.07. The summed E-state index contributed by atoms with van der Waals surface area (Å²) in [6, 6.07) is 31.1. The molecular weight excluding hydrogens is 646 g/mol. The Morgan fingerprint density at radius 1 is 0.667 bits per heavy atom. The number of imidazole rings is 2. The first kappa shape index (κ1) is 33.0. The van der Waals surface area contributed by atoms with E-state index in [-0.39, 0.29) is 6.61 Å². The van der Waals surface area contributed by atoms with Crippen molar-refractivity contribution in [3.63, 3.8) is 0 Å².